The molecule has 0 aliphatic carbocycles. The Morgan fingerprint density at radius 1 is 1.19 bits per heavy atom. The van der Waals surface area contributed by atoms with Crippen LogP contribution in [0.4, 0.5) is 0 Å². The highest BCUT2D eigenvalue weighted by molar-refractivity contribution is 5.97. The third kappa shape index (κ3) is 3.13. The van der Waals surface area contributed by atoms with E-state index >= 15 is 0 Å². The van der Waals surface area contributed by atoms with E-state index in [2.05, 4.69) is 26.1 Å². The zero-order chi connectivity index (χ0) is 19.0. The smallest absolute Gasteiger partial charge is 0.187 e. The first-order valence-electron chi connectivity index (χ1n) is 8.64. The van der Waals surface area contributed by atoms with Gasteiger partial charge in [0.1, 0.15) is 11.3 Å². The number of benzene rings is 1. The molecule has 27 heavy (non-hydrogen) atoms. The zero-order valence-electron chi connectivity index (χ0n) is 15.1. The van der Waals surface area contributed by atoms with Gasteiger partial charge in [-0.1, -0.05) is 18.1 Å². The van der Waals surface area contributed by atoms with Crippen LogP contribution in [0.15, 0.2) is 42.6 Å². The predicted molar refractivity (Wildman–Crippen MR) is 106 cm³/mol. The number of hydrogen-bond donors (Lipinski definition) is 2. The van der Waals surface area contributed by atoms with Crippen molar-refractivity contribution in [1.82, 2.24) is 20.2 Å². The Kier molecular flexibility index (Phi) is 4.09. The summed E-state index contributed by atoms with van der Waals surface area (Å²) in [5, 5.41) is 7.94. The lowest BCUT2D eigenvalue weighted by Crippen LogP contribution is -2.06. The maximum absolute atomic E-state index is 12.5. The van der Waals surface area contributed by atoms with Crippen LogP contribution in [0.3, 0.4) is 0 Å². The number of nitrogens with one attached hydrogen (secondary N) is 2. The molecule has 0 fully saturated rings. The normalized spacial score (nSPS) is 10.9. The molecule has 0 unspecified atom stereocenters. The lowest BCUT2D eigenvalue weighted by atomic mass is 10.0. The van der Waals surface area contributed by atoms with Gasteiger partial charge >= 0.3 is 0 Å². The van der Waals surface area contributed by atoms with E-state index in [4.69, 9.17) is 6.42 Å². The van der Waals surface area contributed by atoms with Gasteiger partial charge in [-0.15, -0.1) is 6.42 Å². The number of rotatable bonds is 4. The number of H-pyrrole nitrogens is 2. The van der Waals surface area contributed by atoms with Gasteiger partial charge in [0.25, 0.3) is 0 Å². The third-order valence-corrected chi connectivity index (χ3v) is 4.77. The van der Waals surface area contributed by atoms with Gasteiger partial charge in [0.05, 0.1) is 0 Å². The minimum Gasteiger partial charge on any atom is -0.339 e. The number of aromatic nitrogens is 4. The lowest BCUT2D eigenvalue weighted by molar-refractivity contribution is 0.0987. The van der Waals surface area contributed by atoms with Crippen LogP contribution >= 0.6 is 0 Å². The first kappa shape index (κ1) is 16.8. The van der Waals surface area contributed by atoms with Crippen LogP contribution < -0.4 is 0 Å². The van der Waals surface area contributed by atoms with Crippen molar-refractivity contribution in [3.63, 3.8) is 0 Å². The summed E-state index contributed by atoms with van der Waals surface area (Å²) in [5.41, 5.74) is 6.80. The molecule has 3 heterocycles. The summed E-state index contributed by atoms with van der Waals surface area (Å²) in [5.74, 6) is 2.60. The Labute approximate surface area is 156 Å². The summed E-state index contributed by atoms with van der Waals surface area (Å²) >= 11 is 0. The fourth-order valence-corrected chi connectivity index (χ4v) is 3.08. The third-order valence-electron chi connectivity index (χ3n) is 4.77. The monoisotopic (exact) mass is 354 g/mol. The number of pyridine rings is 1. The zero-order valence-corrected chi connectivity index (χ0v) is 15.1. The lowest BCUT2D eigenvalue weighted by Gasteiger charge is -2.00. The van der Waals surface area contributed by atoms with Crippen molar-refractivity contribution in [3.8, 4) is 23.6 Å². The van der Waals surface area contributed by atoms with Crippen molar-refractivity contribution in [2.75, 3.05) is 0 Å². The average molecular weight is 354 g/mol. The summed E-state index contributed by atoms with van der Waals surface area (Å²) in [4.78, 5) is 20.3. The molecule has 1 aromatic carbocycles. The van der Waals surface area contributed by atoms with Gasteiger partial charge in [-0.25, -0.2) is 4.98 Å². The number of aryl methyl sites for hydroxylation is 1. The molecule has 4 rings (SSSR count). The van der Waals surface area contributed by atoms with Gasteiger partial charge in [0, 0.05) is 40.5 Å². The maximum atomic E-state index is 12.5. The summed E-state index contributed by atoms with van der Waals surface area (Å²) in [6.07, 6.45) is 7.41. The van der Waals surface area contributed by atoms with Crippen molar-refractivity contribution in [2.24, 2.45) is 0 Å². The van der Waals surface area contributed by atoms with Gasteiger partial charge in [-0.2, -0.15) is 5.10 Å². The minimum atomic E-state index is -0.0152. The number of Topliss-reactive ketones (excluding diaryl/α,β-unsaturated/α-hetero) is 1. The number of aromatic amines is 2. The highest BCUT2D eigenvalue weighted by atomic mass is 16.1. The molecule has 4 aromatic rings. The molecular formula is C22H18N4O. The van der Waals surface area contributed by atoms with Gasteiger partial charge in [-0.3, -0.25) is 9.89 Å². The van der Waals surface area contributed by atoms with Gasteiger partial charge < -0.3 is 4.98 Å². The summed E-state index contributed by atoms with van der Waals surface area (Å²) in [7, 11) is 0. The molecule has 0 saturated carbocycles. The molecule has 0 aliphatic heterocycles. The van der Waals surface area contributed by atoms with E-state index in [0.29, 0.717) is 5.69 Å². The fraction of sp³-hybridized carbons (Fsp3) is 0.136. The molecular weight excluding hydrogens is 336 g/mol. The summed E-state index contributed by atoms with van der Waals surface area (Å²) in [6.45, 7) is 3.81. The fourth-order valence-electron chi connectivity index (χ4n) is 3.08. The SMILES string of the molecule is C#Cc1ccc(-c2cc3cc(CC(=O)c4n[nH]c(C)c4C)cnc3[nH]2)cc1. The second-order valence-electron chi connectivity index (χ2n) is 6.61. The second-order valence-corrected chi connectivity index (χ2v) is 6.61. The van der Waals surface area contributed by atoms with E-state index in [-0.39, 0.29) is 12.2 Å². The molecule has 0 radical (unpaired) electrons. The maximum Gasteiger partial charge on any atom is 0.187 e. The Morgan fingerprint density at radius 3 is 2.63 bits per heavy atom. The largest absolute Gasteiger partial charge is 0.339 e. The number of carbonyl (C=O) groups is 1. The van der Waals surface area contributed by atoms with E-state index in [0.717, 1.165) is 44.7 Å². The van der Waals surface area contributed by atoms with Crippen LogP contribution in [0.5, 0.6) is 0 Å². The molecule has 2 N–H and O–H groups in total. The van der Waals surface area contributed by atoms with Crippen LogP contribution in [0, 0.1) is 26.2 Å². The van der Waals surface area contributed by atoms with Crippen molar-refractivity contribution in [3.05, 3.63) is 70.7 Å². The summed E-state index contributed by atoms with van der Waals surface area (Å²) < 4.78 is 0. The Balaban J connectivity index is 1.61. The molecule has 0 spiro atoms. The van der Waals surface area contributed by atoms with E-state index in [1.807, 2.05) is 50.2 Å². The van der Waals surface area contributed by atoms with Crippen LogP contribution in [0.1, 0.15) is 32.9 Å². The quantitative estimate of drug-likeness (QED) is 0.430. The van der Waals surface area contributed by atoms with Gasteiger partial charge in [0.2, 0.25) is 0 Å². The van der Waals surface area contributed by atoms with E-state index in [1.54, 1.807) is 6.20 Å². The first-order valence-corrected chi connectivity index (χ1v) is 8.64. The first-order chi connectivity index (χ1) is 13.0. The number of hydrogen-bond acceptors (Lipinski definition) is 3. The Hall–Kier alpha value is -3.65. The highest BCUT2D eigenvalue weighted by Crippen LogP contribution is 2.24. The molecule has 0 amide bonds. The molecule has 0 bridgehead atoms. The highest BCUT2D eigenvalue weighted by Gasteiger charge is 2.15. The number of nitrogens with zero attached hydrogens (tertiary/aromatic N) is 2. The van der Waals surface area contributed by atoms with E-state index in [1.165, 1.54) is 0 Å². The van der Waals surface area contributed by atoms with Crippen molar-refractivity contribution < 1.29 is 4.79 Å². The molecule has 132 valence electrons. The van der Waals surface area contributed by atoms with Crippen molar-refractivity contribution in [2.45, 2.75) is 20.3 Å². The Bertz CT molecular complexity index is 1190. The standard InChI is InChI=1S/C22H18N4O/c1-4-15-5-7-17(8-6-15)19-11-18-9-16(12-23-22(18)24-19)10-20(27)21-13(2)14(3)25-26-21/h1,5-9,11-12H,10H2,2-3H3,(H,23,24)(H,25,26). The van der Waals surface area contributed by atoms with E-state index in [9.17, 15) is 4.79 Å². The minimum absolute atomic E-state index is 0.0152. The molecule has 5 heteroatoms. The van der Waals surface area contributed by atoms with Crippen LogP contribution in [0.2, 0.25) is 0 Å². The Morgan fingerprint density at radius 2 is 1.96 bits per heavy atom. The molecule has 0 aliphatic rings. The molecule has 3 aromatic heterocycles. The van der Waals surface area contributed by atoms with Crippen LogP contribution in [-0.4, -0.2) is 25.9 Å². The summed E-state index contributed by atoms with van der Waals surface area (Å²) in [6, 6.07) is 11.8. The van der Waals surface area contributed by atoms with Crippen molar-refractivity contribution >= 4 is 16.8 Å². The molecule has 5 nitrogen and oxygen atoms in total. The molecule has 0 saturated heterocycles. The predicted octanol–water partition coefficient (Wildman–Crippen LogP) is 3.98. The second kappa shape index (κ2) is 6.58. The topological polar surface area (TPSA) is 74.4 Å². The van der Waals surface area contributed by atoms with Crippen LogP contribution in [0.25, 0.3) is 22.3 Å². The number of fused-ring (bicyclic) bond motifs is 1. The van der Waals surface area contributed by atoms with Gasteiger partial charge in [-0.05, 0) is 49.2 Å². The van der Waals surface area contributed by atoms with Crippen LogP contribution in [-0.2, 0) is 6.42 Å². The van der Waals surface area contributed by atoms with Crippen molar-refractivity contribution in [1.29, 1.82) is 0 Å². The molecule has 0 atom stereocenters. The van der Waals surface area contributed by atoms with Gasteiger partial charge in [0.15, 0.2) is 5.78 Å². The number of terminal acetylenes is 1. The average Bonchev–Trinajstić information content (AvgIpc) is 3.25. The number of ketones is 1. The number of carbonyl (C=O) groups excluding carboxylic acids is 1. The van der Waals surface area contributed by atoms with E-state index < -0.39 is 0 Å².